The Hall–Kier alpha value is -2.23. The number of carbonyl (C=O) groups excluding carboxylic acids is 1. The molecule has 32 heavy (non-hydrogen) atoms. The van der Waals surface area contributed by atoms with Crippen LogP contribution in [0.3, 0.4) is 0 Å². The lowest BCUT2D eigenvalue weighted by molar-refractivity contribution is -0.131. The summed E-state index contributed by atoms with van der Waals surface area (Å²) in [6.45, 7) is 5.41. The molecule has 1 heterocycles. The van der Waals surface area contributed by atoms with Gasteiger partial charge in [-0.3, -0.25) is 4.79 Å². The summed E-state index contributed by atoms with van der Waals surface area (Å²) in [5, 5.41) is 0. The third-order valence-corrected chi connectivity index (χ3v) is 8.56. The second-order valence-corrected chi connectivity index (χ2v) is 10.7. The molecular formula is C23H30N2O5S2. The number of hydrogen-bond acceptors (Lipinski definition) is 6. The lowest BCUT2D eigenvalue weighted by atomic mass is 10.1. The zero-order chi connectivity index (χ0) is 23.3. The highest BCUT2D eigenvalue weighted by atomic mass is 32.2. The van der Waals surface area contributed by atoms with E-state index in [1.54, 1.807) is 28.8 Å². The van der Waals surface area contributed by atoms with E-state index >= 15 is 0 Å². The fourth-order valence-corrected chi connectivity index (χ4v) is 6.05. The third kappa shape index (κ3) is 5.57. The Morgan fingerprint density at radius 1 is 0.969 bits per heavy atom. The van der Waals surface area contributed by atoms with Gasteiger partial charge in [0, 0.05) is 49.3 Å². The minimum Gasteiger partial charge on any atom is -0.497 e. The largest absolute Gasteiger partial charge is 0.497 e. The Morgan fingerprint density at radius 2 is 1.69 bits per heavy atom. The molecule has 0 aliphatic carbocycles. The maximum Gasteiger partial charge on any atom is 0.247 e. The minimum atomic E-state index is -3.76. The molecule has 0 radical (unpaired) electrons. The molecule has 1 amide bonds. The zero-order valence-electron chi connectivity index (χ0n) is 19.0. The second-order valence-electron chi connectivity index (χ2n) is 7.65. The molecule has 1 aliphatic heterocycles. The first kappa shape index (κ1) is 24.4. The summed E-state index contributed by atoms with van der Waals surface area (Å²) in [4.78, 5) is 15.6. The molecule has 2 aromatic rings. The molecule has 9 heteroatoms. The van der Waals surface area contributed by atoms with E-state index in [9.17, 15) is 13.2 Å². The number of piperazine rings is 1. The Bertz CT molecular complexity index is 1060. The number of ether oxygens (including phenoxy) is 2. The zero-order valence-corrected chi connectivity index (χ0v) is 20.6. The molecular weight excluding hydrogens is 448 g/mol. The van der Waals surface area contributed by atoms with Crippen LogP contribution in [0.5, 0.6) is 11.5 Å². The van der Waals surface area contributed by atoms with Gasteiger partial charge in [0.25, 0.3) is 0 Å². The minimum absolute atomic E-state index is 0.0531. The maximum atomic E-state index is 13.2. The molecule has 2 aromatic carbocycles. The van der Waals surface area contributed by atoms with Crippen LogP contribution >= 0.6 is 11.8 Å². The first-order valence-electron chi connectivity index (χ1n) is 10.5. The van der Waals surface area contributed by atoms with Crippen molar-refractivity contribution < 1.29 is 22.7 Å². The molecule has 7 nitrogen and oxygen atoms in total. The SMILES string of the molecule is COc1ccc(OC)c(S(=O)(=O)N2CCN(C(=O)CCSc3ccc(C)c(C)c3)CC2)c1. The molecule has 174 valence electrons. The molecule has 0 saturated carbocycles. The van der Waals surface area contributed by atoms with Gasteiger partial charge in [0.15, 0.2) is 0 Å². The van der Waals surface area contributed by atoms with Crippen molar-refractivity contribution in [2.24, 2.45) is 0 Å². The van der Waals surface area contributed by atoms with E-state index in [0.717, 1.165) is 4.90 Å². The highest BCUT2D eigenvalue weighted by Gasteiger charge is 2.32. The quantitative estimate of drug-likeness (QED) is 0.542. The average Bonchev–Trinajstić information content (AvgIpc) is 2.80. The van der Waals surface area contributed by atoms with Gasteiger partial charge in [0.1, 0.15) is 16.4 Å². The van der Waals surface area contributed by atoms with Crippen molar-refractivity contribution in [3.63, 3.8) is 0 Å². The molecule has 0 bridgehead atoms. The van der Waals surface area contributed by atoms with Crippen molar-refractivity contribution in [1.82, 2.24) is 9.21 Å². The fraction of sp³-hybridized carbons (Fsp3) is 0.435. The monoisotopic (exact) mass is 478 g/mol. The number of methoxy groups -OCH3 is 2. The fourth-order valence-electron chi connectivity index (χ4n) is 3.52. The Balaban J connectivity index is 1.56. The summed E-state index contributed by atoms with van der Waals surface area (Å²) < 4.78 is 38.2. The van der Waals surface area contributed by atoms with E-state index in [4.69, 9.17) is 9.47 Å². The summed E-state index contributed by atoms with van der Waals surface area (Å²) in [7, 11) is -0.836. The smallest absolute Gasteiger partial charge is 0.247 e. The van der Waals surface area contributed by atoms with Crippen LogP contribution in [0.2, 0.25) is 0 Å². The first-order chi connectivity index (χ1) is 15.3. The van der Waals surface area contributed by atoms with E-state index in [1.807, 2.05) is 0 Å². The average molecular weight is 479 g/mol. The highest BCUT2D eigenvalue weighted by molar-refractivity contribution is 7.99. The highest BCUT2D eigenvalue weighted by Crippen LogP contribution is 2.31. The first-order valence-corrected chi connectivity index (χ1v) is 12.9. The number of sulfonamides is 1. The standard InChI is InChI=1S/C23H30N2O5S2/c1-17-5-7-20(15-18(17)2)31-14-9-23(26)24-10-12-25(13-11-24)32(27,28)22-16-19(29-3)6-8-21(22)30-4/h5-8,15-16H,9-14H2,1-4H3. The number of nitrogens with zero attached hydrogens (tertiary/aromatic N) is 2. The van der Waals surface area contributed by atoms with Gasteiger partial charge < -0.3 is 14.4 Å². The van der Waals surface area contributed by atoms with Crippen LogP contribution in [0, 0.1) is 13.8 Å². The predicted octanol–water partition coefficient (Wildman–Crippen LogP) is 3.34. The Morgan fingerprint density at radius 3 is 2.31 bits per heavy atom. The van der Waals surface area contributed by atoms with Gasteiger partial charge in [-0.25, -0.2) is 8.42 Å². The predicted molar refractivity (Wildman–Crippen MR) is 126 cm³/mol. The molecule has 1 fully saturated rings. The van der Waals surface area contributed by atoms with Crippen molar-refractivity contribution in [3.8, 4) is 11.5 Å². The lowest BCUT2D eigenvalue weighted by Crippen LogP contribution is -2.50. The van der Waals surface area contributed by atoms with Crippen molar-refractivity contribution in [2.45, 2.75) is 30.1 Å². The van der Waals surface area contributed by atoms with Crippen molar-refractivity contribution in [2.75, 3.05) is 46.2 Å². The topological polar surface area (TPSA) is 76.2 Å². The number of amides is 1. The van der Waals surface area contributed by atoms with Crippen molar-refractivity contribution in [3.05, 3.63) is 47.5 Å². The number of rotatable bonds is 8. The molecule has 1 saturated heterocycles. The van der Waals surface area contributed by atoms with E-state index in [0.29, 0.717) is 31.0 Å². The number of hydrogen-bond donors (Lipinski definition) is 0. The van der Waals surface area contributed by atoms with Crippen LogP contribution in [0.1, 0.15) is 17.5 Å². The van der Waals surface area contributed by atoms with E-state index in [-0.39, 0.29) is 29.6 Å². The lowest BCUT2D eigenvalue weighted by Gasteiger charge is -2.34. The summed E-state index contributed by atoms with van der Waals surface area (Å²) >= 11 is 1.67. The van der Waals surface area contributed by atoms with Crippen LogP contribution in [0.25, 0.3) is 0 Å². The molecule has 0 aromatic heterocycles. The molecule has 0 atom stereocenters. The molecule has 0 spiro atoms. The maximum absolute atomic E-state index is 13.2. The summed E-state index contributed by atoms with van der Waals surface area (Å²) in [5.74, 6) is 1.46. The summed E-state index contributed by atoms with van der Waals surface area (Å²) in [6.07, 6.45) is 0.425. The van der Waals surface area contributed by atoms with Crippen LogP contribution in [-0.2, 0) is 14.8 Å². The summed E-state index contributed by atoms with van der Waals surface area (Å²) in [5.41, 5.74) is 2.50. The molecule has 3 rings (SSSR count). The summed E-state index contributed by atoms with van der Waals surface area (Å²) in [6, 6.07) is 11.0. The molecule has 0 unspecified atom stereocenters. The van der Waals surface area contributed by atoms with Gasteiger partial charge in [-0.1, -0.05) is 6.07 Å². The van der Waals surface area contributed by atoms with Gasteiger partial charge >= 0.3 is 0 Å². The van der Waals surface area contributed by atoms with Gasteiger partial charge in [-0.15, -0.1) is 11.8 Å². The van der Waals surface area contributed by atoms with Crippen LogP contribution < -0.4 is 9.47 Å². The third-order valence-electron chi connectivity index (χ3n) is 5.64. The number of carbonyl (C=O) groups is 1. The number of thioether (sulfide) groups is 1. The van der Waals surface area contributed by atoms with Crippen LogP contribution in [-0.4, -0.2) is 69.7 Å². The van der Waals surface area contributed by atoms with Crippen LogP contribution in [0.4, 0.5) is 0 Å². The van der Waals surface area contributed by atoms with E-state index in [2.05, 4.69) is 32.0 Å². The number of aryl methyl sites for hydroxylation is 2. The van der Waals surface area contributed by atoms with Gasteiger partial charge in [-0.2, -0.15) is 4.31 Å². The Labute approximate surface area is 194 Å². The van der Waals surface area contributed by atoms with Gasteiger partial charge in [0.05, 0.1) is 14.2 Å². The molecule has 1 aliphatic rings. The second kappa shape index (κ2) is 10.6. The molecule has 0 N–H and O–H groups in total. The van der Waals surface area contributed by atoms with E-state index in [1.165, 1.54) is 35.7 Å². The van der Waals surface area contributed by atoms with Gasteiger partial charge in [0.2, 0.25) is 15.9 Å². The normalized spacial score (nSPS) is 14.9. The number of benzene rings is 2. The van der Waals surface area contributed by atoms with Crippen molar-refractivity contribution in [1.29, 1.82) is 0 Å². The Kier molecular flexibility index (Phi) is 8.08. The van der Waals surface area contributed by atoms with Crippen molar-refractivity contribution >= 4 is 27.7 Å². The van der Waals surface area contributed by atoms with Crippen LogP contribution in [0.15, 0.2) is 46.2 Å². The van der Waals surface area contributed by atoms with Gasteiger partial charge in [-0.05, 0) is 49.2 Å². The van der Waals surface area contributed by atoms with E-state index < -0.39 is 10.0 Å².